The van der Waals surface area contributed by atoms with Gasteiger partial charge in [-0.2, -0.15) is 0 Å². The van der Waals surface area contributed by atoms with Crippen LogP contribution in [0.5, 0.6) is 0 Å². The minimum Gasteiger partial charge on any atom is -0.337 e. The van der Waals surface area contributed by atoms with Crippen LogP contribution >= 0.6 is 11.6 Å². The molecule has 46 valence electrons. The van der Waals surface area contributed by atoms with E-state index in [4.69, 9.17) is 11.6 Å². The molecule has 0 aromatic rings. The van der Waals surface area contributed by atoms with Crippen molar-refractivity contribution in [3.05, 3.63) is 0 Å². The van der Waals surface area contributed by atoms with Gasteiger partial charge < -0.3 is 5.32 Å². The number of hydrogen-bond donors (Lipinski definition) is 1. The third-order valence-corrected chi connectivity index (χ3v) is 1.74. The number of carbonyl (C=O) groups excluding carboxylic acids is 1. The Kier molecular flexibility index (Phi) is 1.86. The summed E-state index contributed by atoms with van der Waals surface area (Å²) in [6.45, 7) is 1.06. The Bertz CT molecular complexity index is 98.6. The molecule has 0 aromatic carbocycles. The maximum atomic E-state index is 10.4. The van der Waals surface area contributed by atoms with Gasteiger partial charge in [-0.25, -0.2) is 0 Å². The van der Waals surface area contributed by atoms with Crippen molar-refractivity contribution in [2.75, 3.05) is 6.54 Å². The topological polar surface area (TPSA) is 33.7 Å². The molecule has 2 N–H and O–H groups in total. The van der Waals surface area contributed by atoms with Gasteiger partial charge in [-0.1, -0.05) is 0 Å². The summed E-state index contributed by atoms with van der Waals surface area (Å²) in [7, 11) is 0. The van der Waals surface area contributed by atoms with Crippen LogP contribution in [-0.4, -0.2) is 17.8 Å². The molecule has 3 heteroatoms. The van der Waals surface area contributed by atoms with Crippen LogP contribution in [0.25, 0.3) is 0 Å². The second kappa shape index (κ2) is 2.46. The third-order valence-electron chi connectivity index (χ3n) is 1.46. The highest BCUT2D eigenvalue weighted by Gasteiger charge is 2.23. The third kappa shape index (κ3) is 1.20. The molecular weight excluding hydrogens is 126 g/mol. The SMILES string of the molecule is O=C(Cl)[C@H]1CCC[NH2+]1. The summed E-state index contributed by atoms with van der Waals surface area (Å²) in [5.74, 6) is 0. The van der Waals surface area contributed by atoms with Crippen LogP contribution in [0, 0.1) is 0 Å². The minimum atomic E-state index is -0.192. The van der Waals surface area contributed by atoms with Crippen molar-refractivity contribution >= 4 is 16.8 Å². The van der Waals surface area contributed by atoms with Crippen molar-refractivity contribution in [3.63, 3.8) is 0 Å². The molecule has 8 heavy (non-hydrogen) atoms. The second-order valence-electron chi connectivity index (χ2n) is 2.08. The van der Waals surface area contributed by atoms with E-state index in [0.717, 1.165) is 19.4 Å². The summed E-state index contributed by atoms with van der Waals surface area (Å²) in [4.78, 5) is 10.4. The molecule has 1 aliphatic rings. The lowest BCUT2D eigenvalue weighted by molar-refractivity contribution is -0.656. The molecule has 0 unspecified atom stereocenters. The molecule has 1 saturated heterocycles. The van der Waals surface area contributed by atoms with Gasteiger partial charge in [0.2, 0.25) is 0 Å². The molecule has 1 fully saturated rings. The summed E-state index contributed by atoms with van der Waals surface area (Å²) in [5, 5.41) is 1.80. The highest BCUT2D eigenvalue weighted by Crippen LogP contribution is 1.99. The Balaban J connectivity index is 2.35. The summed E-state index contributed by atoms with van der Waals surface area (Å²) in [5.41, 5.74) is 0. The quantitative estimate of drug-likeness (QED) is 0.481. The van der Waals surface area contributed by atoms with Crippen molar-refractivity contribution in [3.8, 4) is 0 Å². The van der Waals surface area contributed by atoms with Crippen molar-refractivity contribution in [2.24, 2.45) is 0 Å². The van der Waals surface area contributed by atoms with Crippen LogP contribution in [0.2, 0.25) is 0 Å². The average Bonchev–Trinajstić information content (AvgIpc) is 2.12. The fraction of sp³-hybridized carbons (Fsp3) is 0.800. The van der Waals surface area contributed by atoms with Crippen molar-refractivity contribution in [1.82, 2.24) is 0 Å². The molecule has 1 heterocycles. The summed E-state index contributed by atoms with van der Waals surface area (Å²) >= 11 is 5.21. The molecule has 0 aliphatic carbocycles. The minimum absolute atomic E-state index is 0.0664. The van der Waals surface area contributed by atoms with Gasteiger partial charge in [0, 0.05) is 12.8 Å². The predicted molar refractivity (Wildman–Crippen MR) is 30.7 cm³/mol. The first-order valence-corrected chi connectivity index (χ1v) is 3.21. The highest BCUT2D eigenvalue weighted by atomic mass is 35.5. The number of nitrogens with two attached hydrogens (primary N) is 1. The van der Waals surface area contributed by atoms with Crippen molar-refractivity contribution in [2.45, 2.75) is 18.9 Å². The van der Waals surface area contributed by atoms with Crippen LogP contribution < -0.4 is 5.32 Å². The zero-order valence-corrected chi connectivity index (χ0v) is 5.32. The summed E-state index contributed by atoms with van der Waals surface area (Å²) in [6.07, 6.45) is 2.09. The maximum Gasteiger partial charge on any atom is 0.279 e. The zero-order valence-electron chi connectivity index (χ0n) is 4.56. The van der Waals surface area contributed by atoms with Crippen molar-refractivity contribution < 1.29 is 10.1 Å². The Hall–Kier alpha value is -0.0800. The molecule has 0 spiro atoms. The van der Waals surface area contributed by atoms with Gasteiger partial charge in [0.05, 0.1) is 6.54 Å². The fourth-order valence-corrected chi connectivity index (χ4v) is 1.18. The van der Waals surface area contributed by atoms with Gasteiger partial charge in [0.15, 0.2) is 6.04 Å². The van der Waals surface area contributed by atoms with Crippen LogP contribution in [0.1, 0.15) is 12.8 Å². The molecule has 0 bridgehead atoms. The van der Waals surface area contributed by atoms with Gasteiger partial charge in [0.25, 0.3) is 5.24 Å². The van der Waals surface area contributed by atoms with Crippen LogP contribution in [0.3, 0.4) is 0 Å². The van der Waals surface area contributed by atoms with Crippen LogP contribution in [-0.2, 0) is 4.79 Å². The smallest absolute Gasteiger partial charge is 0.279 e. The Morgan fingerprint density at radius 1 is 1.75 bits per heavy atom. The van der Waals surface area contributed by atoms with E-state index in [2.05, 4.69) is 0 Å². The molecule has 1 rings (SSSR count). The lowest BCUT2D eigenvalue weighted by atomic mass is 10.2. The van der Waals surface area contributed by atoms with E-state index in [-0.39, 0.29) is 11.3 Å². The van der Waals surface area contributed by atoms with E-state index in [1.165, 1.54) is 0 Å². The van der Waals surface area contributed by atoms with E-state index >= 15 is 0 Å². The van der Waals surface area contributed by atoms with Gasteiger partial charge in [-0.05, 0) is 11.6 Å². The predicted octanol–water partition coefficient (Wildman–Crippen LogP) is -0.522. The van der Waals surface area contributed by atoms with Gasteiger partial charge in [-0.3, -0.25) is 4.79 Å². The molecule has 0 radical (unpaired) electrons. The average molecular weight is 135 g/mol. The summed E-state index contributed by atoms with van der Waals surface area (Å²) in [6, 6.07) is 0.0664. The van der Waals surface area contributed by atoms with E-state index in [0.29, 0.717) is 0 Å². The fourth-order valence-electron chi connectivity index (χ4n) is 0.981. The largest absolute Gasteiger partial charge is 0.337 e. The lowest BCUT2D eigenvalue weighted by Gasteiger charge is -1.95. The van der Waals surface area contributed by atoms with Crippen molar-refractivity contribution in [1.29, 1.82) is 0 Å². The first kappa shape index (κ1) is 6.05. The number of quaternary nitrogens is 1. The molecule has 0 amide bonds. The molecule has 1 atom stereocenters. The number of hydrogen-bond acceptors (Lipinski definition) is 1. The van der Waals surface area contributed by atoms with E-state index in [9.17, 15) is 4.79 Å². The van der Waals surface area contributed by atoms with E-state index in [1.807, 2.05) is 5.32 Å². The Labute approximate surface area is 53.2 Å². The second-order valence-corrected chi connectivity index (χ2v) is 2.45. The van der Waals surface area contributed by atoms with E-state index in [1.54, 1.807) is 0 Å². The molecule has 2 nitrogen and oxygen atoms in total. The first-order valence-electron chi connectivity index (χ1n) is 2.83. The zero-order chi connectivity index (χ0) is 5.98. The summed E-state index contributed by atoms with van der Waals surface area (Å²) < 4.78 is 0. The monoisotopic (exact) mass is 134 g/mol. The highest BCUT2D eigenvalue weighted by molar-refractivity contribution is 6.64. The molecular formula is C5H9ClNO+. The van der Waals surface area contributed by atoms with Gasteiger partial charge >= 0.3 is 0 Å². The van der Waals surface area contributed by atoms with Crippen LogP contribution in [0.4, 0.5) is 0 Å². The number of rotatable bonds is 1. The molecule has 1 aliphatic heterocycles. The normalized spacial score (nSPS) is 28.4. The molecule has 0 aromatic heterocycles. The standard InChI is InChI=1S/C5H8ClNO/c6-5(8)4-2-1-3-7-4/h4,7H,1-3H2/p+1/t4-/m1/s1. The van der Waals surface area contributed by atoms with Crippen LogP contribution in [0.15, 0.2) is 0 Å². The lowest BCUT2D eigenvalue weighted by Crippen LogP contribution is -2.88. The first-order chi connectivity index (χ1) is 3.80. The van der Waals surface area contributed by atoms with Gasteiger partial charge in [0.1, 0.15) is 0 Å². The number of halogens is 1. The molecule has 0 saturated carbocycles. The van der Waals surface area contributed by atoms with E-state index < -0.39 is 0 Å². The Morgan fingerprint density at radius 3 is 2.75 bits per heavy atom. The Morgan fingerprint density at radius 2 is 2.50 bits per heavy atom. The maximum absolute atomic E-state index is 10.4. The van der Waals surface area contributed by atoms with Gasteiger partial charge in [-0.15, -0.1) is 0 Å². The number of carbonyl (C=O) groups is 1.